The van der Waals surface area contributed by atoms with E-state index in [0.29, 0.717) is 5.25 Å². The maximum Gasteiger partial charge on any atom is 0.00142 e. The standard InChI is InChI=1S/C8H18S/c1-6(2)5-7(3)8(4)9/h6-9H,5H2,1-4H3. The van der Waals surface area contributed by atoms with Gasteiger partial charge in [0, 0.05) is 5.25 Å². The predicted octanol–water partition coefficient (Wildman–Crippen LogP) is 2.99. The van der Waals surface area contributed by atoms with Crippen molar-refractivity contribution in [1.29, 1.82) is 0 Å². The maximum atomic E-state index is 4.37. The van der Waals surface area contributed by atoms with Crippen LogP contribution in [0, 0.1) is 11.8 Å². The van der Waals surface area contributed by atoms with Crippen LogP contribution in [0.4, 0.5) is 0 Å². The van der Waals surface area contributed by atoms with E-state index in [-0.39, 0.29) is 0 Å². The smallest absolute Gasteiger partial charge is 0.00142 e. The molecule has 0 radical (unpaired) electrons. The first-order valence-electron chi connectivity index (χ1n) is 3.72. The molecule has 0 heterocycles. The third-order valence-electron chi connectivity index (χ3n) is 1.67. The van der Waals surface area contributed by atoms with E-state index in [1.54, 1.807) is 0 Å². The van der Waals surface area contributed by atoms with E-state index in [1.807, 2.05) is 0 Å². The van der Waals surface area contributed by atoms with Gasteiger partial charge in [-0.05, 0) is 18.3 Å². The number of hydrogen-bond acceptors (Lipinski definition) is 1. The van der Waals surface area contributed by atoms with E-state index in [9.17, 15) is 0 Å². The van der Waals surface area contributed by atoms with Crippen LogP contribution in [0.1, 0.15) is 34.1 Å². The summed E-state index contributed by atoms with van der Waals surface area (Å²) in [5, 5.41) is 0.549. The molecule has 0 N–H and O–H groups in total. The summed E-state index contributed by atoms with van der Waals surface area (Å²) in [6.45, 7) is 8.94. The van der Waals surface area contributed by atoms with Gasteiger partial charge in [0.2, 0.25) is 0 Å². The Morgan fingerprint density at radius 2 is 1.56 bits per heavy atom. The minimum atomic E-state index is 0.549. The van der Waals surface area contributed by atoms with Crippen molar-refractivity contribution in [1.82, 2.24) is 0 Å². The Kier molecular flexibility index (Phi) is 4.37. The maximum absolute atomic E-state index is 4.37. The Bertz CT molecular complexity index is 67.0. The fraction of sp³-hybridized carbons (Fsp3) is 1.00. The summed E-state index contributed by atoms with van der Waals surface area (Å²) in [6.07, 6.45) is 1.30. The molecule has 1 heteroatoms. The average molecular weight is 146 g/mol. The van der Waals surface area contributed by atoms with Crippen LogP contribution in [0.25, 0.3) is 0 Å². The molecule has 2 atom stereocenters. The minimum absolute atomic E-state index is 0.549. The zero-order chi connectivity index (χ0) is 7.44. The molecule has 0 aromatic heterocycles. The highest BCUT2D eigenvalue weighted by molar-refractivity contribution is 7.80. The quantitative estimate of drug-likeness (QED) is 0.581. The minimum Gasteiger partial charge on any atom is -0.176 e. The summed E-state index contributed by atoms with van der Waals surface area (Å²) in [5.74, 6) is 1.57. The topological polar surface area (TPSA) is 0 Å². The van der Waals surface area contributed by atoms with Crippen molar-refractivity contribution in [2.45, 2.75) is 39.4 Å². The zero-order valence-electron chi connectivity index (χ0n) is 6.89. The molecule has 0 bridgehead atoms. The molecule has 0 nitrogen and oxygen atoms in total. The van der Waals surface area contributed by atoms with E-state index in [0.717, 1.165) is 11.8 Å². The van der Waals surface area contributed by atoms with Crippen molar-refractivity contribution in [3.05, 3.63) is 0 Å². The van der Waals surface area contributed by atoms with Crippen LogP contribution in [0.3, 0.4) is 0 Å². The first-order valence-corrected chi connectivity index (χ1v) is 4.23. The molecule has 0 amide bonds. The summed E-state index contributed by atoms with van der Waals surface area (Å²) in [7, 11) is 0. The fourth-order valence-corrected chi connectivity index (χ4v) is 1.06. The molecule has 0 fully saturated rings. The lowest BCUT2D eigenvalue weighted by Gasteiger charge is -2.16. The Balaban J connectivity index is 3.38. The molecule has 56 valence electrons. The Morgan fingerprint density at radius 1 is 1.11 bits per heavy atom. The van der Waals surface area contributed by atoms with Gasteiger partial charge in [0.25, 0.3) is 0 Å². The second kappa shape index (κ2) is 4.21. The largest absolute Gasteiger partial charge is 0.176 e. The molecular weight excluding hydrogens is 128 g/mol. The third-order valence-corrected chi connectivity index (χ3v) is 2.18. The predicted molar refractivity (Wildman–Crippen MR) is 47.1 cm³/mol. The fourth-order valence-electron chi connectivity index (χ4n) is 0.941. The molecule has 0 aliphatic rings. The van der Waals surface area contributed by atoms with Crippen molar-refractivity contribution in [2.75, 3.05) is 0 Å². The zero-order valence-corrected chi connectivity index (χ0v) is 7.78. The molecule has 0 aromatic rings. The van der Waals surface area contributed by atoms with Crippen molar-refractivity contribution >= 4 is 12.6 Å². The molecule has 0 aromatic carbocycles. The van der Waals surface area contributed by atoms with Gasteiger partial charge in [0.05, 0.1) is 0 Å². The van der Waals surface area contributed by atoms with Gasteiger partial charge in [-0.1, -0.05) is 27.7 Å². The normalized spacial score (nSPS) is 18.0. The van der Waals surface area contributed by atoms with Gasteiger partial charge < -0.3 is 0 Å². The summed E-state index contributed by atoms with van der Waals surface area (Å²) in [6, 6.07) is 0. The third kappa shape index (κ3) is 4.83. The van der Waals surface area contributed by atoms with Gasteiger partial charge in [-0.25, -0.2) is 0 Å². The lowest BCUT2D eigenvalue weighted by molar-refractivity contribution is 0.438. The average Bonchev–Trinajstić information content (AvgIpc) is 1.63. The Labute approximate surface area is 64.4 Å². The second-order valence-electron chi connectivity index (χ2n) is 3.35. The van der Waals surface area contributed by atoms with Gasteiger partial charge in [-0.2, -0.15) is 12.6 Å². The van der Waals surface area contributed by atoms with Crippen LogP contribution in [-0.4, -0.2) is 5.25 Å². The summed E-state index contributed by atoms with van der Waals surface area (Å²) >= 11 is 4.37. The summed E-state index contributed by atoms with van der Waals surface area (Å²) in [5.41, 5.74) is 0. The molecular formula is C8H18S. The monoisotopic (exact) mass is 146 g/mol. The van der Waals surface area contributed by atoms with Gasteiger partial charge in [-0.15, -0.1) is 0 Å². The number of hydrogen-bond donors (Lipinski definition) is 1. The lowest BCUT2D eigenvalue weighted by atomic mass is 9.96. The van der Waals surface area contributed by atoms with Crippen LogP contribution in [0.5, 0.6) is 0 Å². The van der Waals surface area contributed by atoms with Gasteiger partial charge in [0.15, 0.2) is 0 Å². The van der Waals surface area contributed by atoms with Crippen LogP contribution in [0.15, 0.2) is 0 Å². The molecule has 0 saturated carbocycles. The van der Waals surface area contributed by atoms with Crippen molar-refractivity contribution < 1.29 is 0 Å². The van der Waals surface area contributed by atoms with Crippen molar-refractivity contribution in [2.24, 2.45) is 11.8 Å². The van der Waals surface area contributed by atoms with Gasteiger partial charge >= 0.3 is 0 Å². The van der Waals surface area contributed by atoms with E-state index >= 15 is 0 Å². The van der Waals surface area contributed by atoms with Crippen molar-refractivity contribution in [3.63, 3.8) is 0 Å². The highest BCUT2D eigenvalue weighted by Gasteiger charge is 2.08. The molecule has 0 saturated heterocycles. The summed E-state index contributed by atoms with van der Waals surface area (Å²) < 4.78 is 0. The van der Waals surface area contributed by atoms with Crippen molar-refractivity contribution in [3.8, 4) is 0 Å². The molecule has 9 heavy (non-hydrogen) atoms. The van der Waals surface area contributed by atoms with Crippen LogP contribution in [-0.2, 0) is 0 Å². The molecule has 0 rings (SSSR count). The lowest BCUT2D eigenvalue weighted by Crippen LogP contribution is -2.09. The Hall–Kier alpha value is 0.350. The van der Waals surface area contributed by atoms with Crippen LogP contribution in [0.2, 0.25) is 0 Å². The van der Waals surface area contributed by atoms with Crippen LogP contribution < -0.4 is 0 Å². The van der Waals surface area contributed by atoms with Gasteiger partial charge in [0.1, 0.15) is 0 Å². The first-order chi connectivity index (χ1) is 4.04. The summed E-state index contributed by atoms with van der Waals surface area (Å²) in [4.78, 5) is 0. The van der Waals surface area contributed by atoms with E-state index in [2.05, 4.69) is 40.3 Å². The molecule has 0 aliphatic heterocycles. The van der Waals surface area contributed by atoms with E-state index < -0.39 is 0 Å². The highest BCUT2D eigenvalue weighted by Crippen LogP contribution is 2.17. The highest BCUT2D eigenvalue weighted by atomic mass is 32.1. The molecule has 2 unspecified atom stereocenters. The molecule has 0 aliphatic carbocycles. The Morgan fingerprint density at radius 3 is 1.67 bits per heavy atom. The first kappa shape index (κ1) is 9.35. The SMILES string of the molecule is CC(C)CC(C)C(C)S. The number of rotatable bonds is 3. The molecule has 0 spiro atoms. The van der Waals surface area contributed by atoms with E-state index in [1.165, 1.54) is 6.42 Å². The van der Waals surface area contributed by atoms with Crippen LogP contribution >= 0.6 is 12.6 Å². The second-order valence-corrected chi connectivity index (χ2v) is 4.16. The number of thiol groups is 1. The van der Waals surface area contributed by atoms with Gasteiger partial charge in [-0.3, -0.25) is 0 Å². The van der Waals surface area contributed by atoms with E-state index in [4.69, 9.17) is 0 Å².